The fourth-order valence-corrected chi connectivity index (χ4v) is 1.88. The number of anilines is 1. The Morgan fingerprint density at radius 2 is 2.20 bits per heavy atom. The molecule has 0 fully saturated rings. The van der Waals surface area contributed by atoms with Gasteiger partial charge >= 0.3 is 0 Å². The van der Waals surface area contributed by atoms with Crippen molar-refractivity contribution >= 4 is 15.9 Å². The van der Waals surface area contributed by atoms with Crippen LogP contribution in [0, 0.1) is 6.92 Å². The van der Waals surface area contributed by atoms with E-state index in [0.29, 0.717) is 25.2 Å². The number of nitrogens with two attached hydrogens (primary N) is 1. The van der Waals surface area contributed by atoms with Gasteiger partial charge < -0.3 is 5.73 Å². The van der Waals surface area contributed by atoms with Gasteiger partial charge in [0.1, 0.15) is 5.82 Å². The van der Waals surface area contributed by atoms with E-state index in [1.165, 1.54) is 0 Å². The van der Waals surface area contributed by atoms with Gasteiger partial charge in [-0.05, 0) is 19.8 Å². The van der Waals surface area contributed by atoms with E-state index in [9.17, 15) is 8.42 Å². The molecule has 1 rings (SSSR count). The summed E-state index contributed by atoms with van der Waals surface area (Å²) in [6.45, 7) is 2.49. The van der Waals surface area contributed by atoms with Crippen LogP contribution in [0.2, 0.25) is 0 Å². The molecule has 0 radical (unpaired) electrons. The lowest BCUT2D eigenvalue weighted by Gasteiger charge is -2.02. The summed E-state index contributed by atoms with van der Waals surface area (Å²) in [4.78, 5) is 0. The van der Waals surface area contributed by atoms with Crippen molar-refractivity contribution in [1.29, 1.82) is 0 Å². The zero-order chi connectivity index (χ0) is 11.5. The lowest BCUT2D eigenvalue weighted by Crippen LogP contribution is -2.07. The molecule has 0 unspecified atom stereocenters. The zero-order valence-electron chi connectivity index (χ0n) is 8.55. The third kappa shape index (κ3) is 4.30. The fourth-order valence-electron chi connectivity index (χ4n) is 1.31. The van der Waals surface area contributed by atoms with Crippen LogP contribution in [-0.2, 0) is 16.7 Å². The van der Waals surface area contributed by atoms with Gasteiger partial charge in [0.2, 0.25) is 0 Å². The van der Waals surface area contributed by atoms with Crippen LogP contribution in [0.3, 0.4) is 0 Å². The molecule has 0 spiro atoms. The number of hydrogen-bond donors (Lipinski definition) is 2. The Kier molecular flexibility index (Phi) is 3.70. The molecule has 0 amide bonds. The van der Waals surface area contributed by atoms with E-state index in [-0.39, 0.29) is 5.75 Å². The van der Waals surface area contributed by atoms with Crippen LogP contribution < -0.4 is 5.73 Å². The second kappa shape index (κ2) is 4.63. The van der Waals surface area contributed by atoms with Gasteiger partial charge in [-0.1, -0.05) is 0 Å². The molecular weight excluding hydrogens is 218 g/mol. The van der Waals surface area contributed by atoms with Crippen molar-refractivity contribution in [2.24, 2.45) is 0 Å². The van der Waals surface area contributed by atoms with Crippen LogP contribution in [0.15, 0.2) is 6.07 Å². The smallest absolute Gasteiger partial charge is 0.264 e. The predicted octanol–water partition coefficient (Wildman–Crippen LogP) is 0.442. The minimum atomic E-state index is -3.84. The first-order valence-electron chi connectivity index (χ1n) is 4.63. The quantitative estimate of drug-likeness (QED) is 0.568. The number of rotatable bonds is 5. The monoisotopic (exact) mass is 233 g/mol. The van der Waals surface area contributed by atoms with E-state index >= 15 is 0 Å². The predicted molar refractivity (Wildman–Crippen MR) is 57.0 cm³/mol. The van der Waals surface area contributed by atoms with Crippen molar-refractivity contribution in [3.63, 3.8) is 0 Å². The number of aromatic nitrogens is 2. The summed E-state index contributed by atoms with van der Waals surface area (Å²) in [7, 11) is -3.84. The largest absolute Gasteiger partial charge is 0.382 e. The lowest BCUT2D eigenvalue weighted by atomic mass is 10.3. The van der Waals surface area contributed by atoms with Crippen molar-refractivity contribution in [2.45, 2.75) is 26.3 Å². The summed E-state index contributed by atoms with van der Waals surface area (Å²) in [5, 5.41) is 4.03. The molecule has 1 aromatic rings. The summed E-state index contributed by atoms with van der Waals surface area (Å²) in [5.41, 5.74) is 6.43. The molecule has 15 heavy (non-hydrogen) atoms. The molecule has 0 atom stereocenters. The fraction of sp³-hybridized carbons (Fsp3) is 0.625. The highest BCUT2D eigenvalue weighted by atomic mass is 32.2. The third-order valence-electron chi connectivity index (χ3n) is 2.02. The number of aryl methyl sites for hydroxylation is 2. The second-order valence-corrected chi connectivity index (χ2v) is 5.00. The number of unbranched alkanes of at least 4 members (excludes halogenated alkanes) is 1. The van der Waals surface area contributed by atoms with Crippen molar-refractivity contribution in [1.82, 2.24) is 9.78 Å². The Morgan fingerprint density at radius 3 is 2.67 bits per heavy atom. The molecule has 0 bridgehead atoms. The van der Waals surface area contributed by atoms with Gasteiger partial charge in [-0.25, -0.2) is 0 Å². The van der Waals surface area contributed by atoms with E-state index in [1.54, 1.807) is 10.7 Å². The van der Waals surface area contributed by atoms with Crippen molar-refractivity contribution < 1.29 is 13.0 Å². The van der Waals surface area contributed by atoms with Gasteiger partial charge in [-0.15, -0.1) is 0 Å². The van der Waals surface area contributed by atoms with Crippen LogP contribution >= 0.6 is 0 Å². The van der Waals surface area contributed by atoms with Crippen LogP contribution in [0.25, 0.3) is 0 Å². The summed E-state index contributed by atoms with van der Waals surface area (Å²) in [6, 6.07) is 1.75. The molecule has 0 saturated heterocycles. The molecule has 0 saturated carbocycles. The zero-order valence-corrected chi connectivity index (χ0v) is 9.37. The van der Waals surface area contributed by atoms with E-state index < -0.39 is 10.1 Å². The Hall–Kier alpha value is -1.08. The first-order valence-corrected chi connectivity index (χ1v) is 6.24. The highest BCUT2D eigenvalue weighted by Gasteiger charge is 2.05. The van der Waals surface area contributed by atoms with Crippen LogP contribution in [0.1, 0.15) is 18.5 Å². The van der Waals surface area contributed by atoms with Gasteiger partial charge in [-0.3, -0.25) is 9.23 Å². The molecular formula is C8H15N3O3S. The molecule has 1 aromatic heterocycles. The van der Waals surface area contributed by atoms with E-state index in [1.807, 2.05) is 6.92 Å². The Morgan fingerprint density at radius 1 is 1.53 bits per heavy atom. The summed E-state index contributed by atoms with van der Waals surface area (Å²) in [6.07, 6.45) is 1.06. The topological polar surface area (TPSA) is 98.2 Å². The third-order valence-corrected chi connectivity index (χ3v) is 2.83. The number of nitrogens with zero attached hydrogens (tertiary/aromatic N) is 2. The normalized spacial score (nSPS) is 11.9. The Labute approximate surface area is 88.8 Å². The minimum Gasteiger partial charge on any atom is -0.382 e. The van der Waals surface area contributed by atoms with E-state index in [2.05, 4.69) is 5.10 Å². The van der Waals surface area contributed by atoms with Gasteiger partial charge in [0.15, 0.2) is 0 Å². The maximum atomic E-state index is 10.4. The number of hydrogen-bond acceptors (Lipinski definition) is 4. The Balaban J connectivity index is 2.35. The maximum absolute atomic E-state index is 10.4. The molecule has 3 N–H and O–H groups in total. The molecule has 0 aliphatic rings. The van der Waals surface area contributed by atoms with Gasteiger partial charge in [0.25, 0.3) is 10.1 Å². The minimum absolute atomic E-state index is 0.206. The molecule has 0 aromatic carbocycles. The Bertz CT molecular complexity index is 424. The average Bonchev–Trinajstić information content (AvgIpc) is 2.37. The molecule has 7 heteroatoms. The van der Waals surface area contributed by atoms with Crippen LogP contribution in [0.4, 0.5) is 5.82 Å². The molecule has 0 aliphatic heterocycles. The highest BCUT2D eigenvalue weighted by Crippen LogP contribution is 2.06. The van der Waals surface area contributed by atoms with Crippen LogP contribution in [0.5, 0.6) is 0 Å². The number of nitrogen functional groups attached to an aromatic ring is 1. The van der Waals surface area contributed by atoms with Crippen LogP contribution in [-0.4, -0.2) is 28.5 Å². The van der Waals surface area contributed by atoms with Crippen molar-refractivity contribution in [3.05, 3.63) is 11.8 Å². The van der Waals surface area contributed by atoms with Gasteiger partial charge in [-0.2, -0.15) is 13.5 Å². The average molecular weight is 233 g/mol. The molecule has 1 heterocycles. The first-order chi connectivity index (χ1) is 6.88. The molecule has 0 aliphatic carbocycles. The van der Waals surface area contributed by atoms with E-state index in [0.717, 1.165) is 5.69 Å². The summed E-state index contributed by atoms with van der Waals surface area (Å²) in [5.74, 6) is 0.255. The highest BCUT2D eigenvalue weighted by molar-refractivity contribution is 7.85. The van der Waals surface area contributed by atoms with Crippen molar-refractivity contribution in [2.75, 3.05) is 11.5 Å². The summed E-state index contributed by atoms with van der Waals surface area (Å²) >= 11 is 0. The standard InChI is InChI=1S/C8H15N3O3S/c1-7-6-8(9)10-11(7)4-2-3-5-15(12,13)14/h6H,2-5H2,1H3,(H2,9,10)(H,12,13,14). The van der Waals surface area contributed by atoms with E-state index in [4.69, 9.17) is 10.3 Å². The van der Waals surface area contributed by atoms with Crippen molar-refractivity contribution in [3.8, 4) is 0 Å². The maximum Gasteiger partial charge on any atom is 0.264 e. The molecule has 6 nitrogen and oxygen atoms in total. The SMILES string of the molecule is Cc1cc(N)nn1CCCCS(=O)(=O)O. The lowest BCUT2D eigenvalue weighted by molar-refractivity contribution is 0.476. The van der Waals surface area contributed by atoms with Gasteiger partial charge in [0, 0.05) is 18.3 Å². The molecule has 86 valence electrons. The van der Waals surface area contributed by atoms with Gasteiger partial charge in [0.05, 0.1) is 5.75 Å². The first kappa shape index (κ1) is 12.0. The second-order valence-electron chi connectivity index (χ2n) is 3.43. The summed E-state index contributed by atoms with van der Waals surface area (Å²) < 4.78 is 31.1.